The summed E-state index contributed by atoms with van der Waals surface area (Å²) in [6.45, 7) is 0. The molecule has 0 aliphatic carbocycles. The largest absolute Gasteiger partial charge is 0.340 e. The van der Waals surface area contributed by atoms with Crippen LogP contribution in [-0.4, -0.2) is 10.9 Å². The monoisotopic (exact) mass is 361 g/mol. The number of hydrogen-bond acceptors (Lipinski definition) is 3. The zero-order valence-corrected chi connectivity index (χ0v) is 13.1. The van der Waals surface area contributed by atoms with Crippen LogP contribution < -0.4 is 10.6 Å². The first-order valence-electron chi connectivity index (χ1n) is 7.37. The van der Waals surface area contributed by atoms with Crippen molar-refractivity contribution in [2.75, 3.05) is 10.6 Å². The summed E-state index contributed by atoms with van der Waals surface area (Å²) in [6, 6.07) is 9.23. The maximum absolute atomic E-state index is 13.6. The van der Waals surface area contributed by atoms with Crippen molar-refractivity contribution in [2.45, 2.75) is 0 Å². The summed E-state index contributed by atoms with van der Waals surface area (Å²) in [4.78, 5) is 16.0. The van der Waals surface area contributed by atoms with Crippen molar-refractivity contribution in [3.63, 3.8) is 0 Å². The third-order valence-electron chi connectivity index (χ3n) is 3.42. The van der Waals surface area contributed by atoms with Gasteiger partial charge in [0.1, 0.15) is 23.1 Å². The number of aromatic nitrogens is 1. The molecule has 26 heavy (non-hydrogen) atoms. The number of rotatable bonds is 4. The summed E-state index contributed by atoms with van der Waals surface area (Å²) in [5, 5.41) is 4.87. The van der Waals surface area contributed by atoms with Crippen LogP contribution in [-0.2, 0) is 0 Å². The van der Waals surface area contributed by atoms with Crippen LogP contribution in [0.4, 0.5) is 34.8 Å². The van der Waals surface area contributed by atoms with Crippen LogP contribution in [0.15, 0.2) is 54.7 Å². The van der Waals surface area contributed by atoms with Crippen molar-refractivity contribution in [3.05, 3.63) is 83.6 Å². The van der Waals surface area contributed by atoms with E-state index in [1.807, 2.05) is 0 Å². The molecule has 0 aliphatic rings. The Labute approximate surface area is 145 Å². The first kappa shape index (κ1) is 17.4. The highest BCUT2D eigenvalue weighted by Gasteiger charge is 2.13. The number of nitrogens with zero attached hydrogens (tertiary/aromatic N) is 1. The molecule has 2 N–H and O–H groups in total. The summed E-state index contributed by atoms with van der Waals surface area (Å²) >= 11 is 0. The first-order valence-corrected chi connectivity index (χ1v) is 7.37. The zero-order valence-electron chi connectivity index (χ0n) is 13.1. The van der Waals surface area contributed by atoms with Crippen LogP contribution in [0.2, 0.25) is 0 Å². The normalized spacial score (nSPS) is 10.5. The first-order chi connectivity index (χ1) is 12.4. The number of benzene rings is 2. The number of nitrogens with one attached hydrogen (secondary N) is 2. The van der Waals surface area contributed by atoms with Crippen LogP contribution in [0, 0.1) is 23.3 Å². The Kier molecular flexibility index (Phi) is 4.83. The predicted molar refractivity (Wildman–Crippen MR) is 88.2 cm³/mol. The second-order valence-electron chi connectivity index (χ2n) is 5.24. The van der Waals surface area contributed by atoms with Crippen LogP contribution in [0.5, 0.6) is 0 Å². The number of anilines is 3. The number of carbonyl (C=O) groups excluding carboxylic acids is 1. The van der Waals surface area contributed by atoms with E-state index < -0.39 is 34.9 Å². The molecule has 132 valence electrons. The molecular weight excluding hydrogens is 350 g/mol. The second kappa shape index (κ2) is 7.22. The number of amides is 1. The number of pyridine rings is 1. The van der Waals surface area contributed by atoms with Gasteiger partial charge in [-0.3, -0.25) is 4.79 Å². The standard InChI is InChI=1S/C18H11F4N3O/c19-12-6-5-11(8-15(12)22)24-16-7-4-10(9-23-16)18(26)25-17-13(20)2-1-3-14(17)21/h1-9H,(H,23,24)(H,25,26). The molecule has 1 amide bonds. The molecule has 0 saturated carbocycles. The van der Waals surface area contributed by atoms with Crippen molar-refractivity contribution in [1.82, 2.24) is 4.98 Å². The molecule has 1 aromatic heterocycles. The van der Waals surface area contributed by atoms with Crippen molar-refractivity contribution in [2.24, 2.45) is 0 Å². The molecule has 0 saturated heterocycles. The van der Waals surface area contributed by atoms with Gasteiger partial charge >= 0.3 is 0 Å². The number of halogens is 4. The van der Waals surface area contributed by atoms with Gasteiger partial charge in [0, 0.05) is 18.0 Å². The van der Waals surface area contributed by atoms with Crippen molar-refractivity contribution >= 4 is 23.1 Å². The van der Waals surface area contributed by atoms with Gasteiger partial charge in [-0.05, 0) is 36.4 Å². The van der Waals surface area contributed by atoms with Gasteiger partial charge < -0.3 is 10.6 Å². The fraction of sp³-hybridized carbons (Fsp3) is 0. The third kappa shape index (κ3) is 3.80. The molecule has 0 spiro atoms. The zero-order chi connectivity index (χ0) is 18.7. The van der Waals surface area contributed by atoms with Gasteiger partial charge in [-0.1, -0.05) is 6.07 Å². The minimum atomic E-state index is -1.02. The topological polar surface area (TPSA) is 54.0 Å². The van der Waals surface area contributed by atoms with Gasteiger partial charge in [0.25, 0.3) is 5.91 Å². The van der Waals surface area contributed by atoms with E-state index in [-0.39, 0.29) is 17.1 Å². The van der Waals surface area contributed by atoms with Crippen LogP contribution in [0.25, 0.3) is 0 Å². The molecule has 1 heterocycles. The molecule has 2 aromatic carbocycles. The molecule has 8 heteroatoms. The molecule has 0 atom stereocenters. The maximum Gasteiger partial charge on any atom is 0.257 e. The Hall–Kier alpha value is -3.42. The minimum Gasteiger partial charge on any atom is -0.340 e. The summed E-state index contributed by atoms with van der Waals surface area (Å²) in [7, 11) is 0. The highest BCUT2D eigenvalue weighted by molar-refractivity contribution is 6.04. The lowest BCUT2D eigenvalue weighted by Gasteiger charge is -2.09. The lowest BCUT2D eigenvalue weighted by molar-refractivity contribution is 0.102. The number of para-hydroxylation sites is 1. The van der Waals surface area contributed by atoms with E-state index in [1.54, 1.807) is 0 Å². The Bertz CT molecular complexity index is 941. The van der Waals surface area contributed by atoms with Crippen LogP contribution in [0.1, 0.15) is 10.4 Å². The molecule has 4 nitrogen and oxygen atoms in total. The van der Waals surface area contributed by atoms with E-state index >= 15 is 0 Å². The van der Waals surface area contributed by atoms with Gasteiger partial charge in [0.2, 0.25) is 0 Å². The molecule has 0 fully saturated rings. The minimum absolute atomic E-state index is 0.0588. The molecule has 0 radical (unpaired) electrons. The number of carbonyl (C=O) groups is 1. The highest BCUT2D eigenvalue weighted by Crippen LogP contribution is 2.20. The van der Waals surface area contributed by atoms with Gasteiger partial charge in [-0.25, -0.2) is 22.5 Å². The quantitative estimate of drug-likeness (QED) is 0.666. The van der Waals surface area contributed by atoms with Gasteiger partial charge in [-0.15, -0.1) is 0 Å². The Morgan fingerprint density at radius 3 is 2.19 bits per heavy atom. The second-order valence-corrected chi connectivity index (χ2v) is 5.24. The van der Waals surface area contributed by atoms with Gasteiger partial charge in [0.15, 0.2) is 11.6 Å². The van der Waals surface area contributed by atoms with Crippen LogP contribution in [0.3, 0.4) is 0 Å². The molecule has 0 bridgehead atoms. The molecule has 0 aliphatic heterocycles. The van der Waals surface area contributed by atoms with Crippen LogP contribution >= 0.6 is 0 Å². The van der Waals surface area contributed by atoms with E-state index in [2.05, 4.69) is 15.6 Å². The smallest absolute Gasteiger partial charge is 0.257 e. The van der Waals surface area contributed by atoms with E-state index in [9.17, 15) is 22.4 Å². The van der Waals surface area contributed by atoms with E-state index in [0.29, 0.717) is 0 Å². The SMILES string of the molecule is O=C(Nc1c(F)cccc1F)c1ccc(Nc2ccc(F)c(F)c2)nc1. The van der Waals surface area contributed by atoms with Crippen molar-refractivity contribution in [3.8, 4) is 0 Å². The summed E-state index contributed by atoms with van der Waals surface area (Å²) in [5.41, 5.74) is -0.230. The predicted octanol–water partition coefficient (Wildman–Crippen LogP) is 4.63. The van der Waals surface area contributed by atoms with Gasteiger partial charge in [0.05, 0.1) is 5.56 Å². The van der Waals surface area contributed by atoms with E-state index in [1.165, 1.54) is 30.5 Å². The molecule has 3 rings (SSSR count). The molecule has 0 unspecified atom stereocenters. The lowest BCUT2D eigenvalue weighted by Crippen LogP contribution is -2.14. The maximum atomic E-state index is 13.6. The van der Waals surface area contributed by atoms with E-state index in [4.69, 9.17) is 0 Å². The Morgan fingerprint density at radius 1 is 0.846 bits per heavy atom. The van der Waals surface area contributed by atoms with Crippen molar-refractivity contribution < 1.29 is 22.4 Å². The molecular formula is C18H11F4N3O. The summed E-state index contributed by atoms with van der Waals surface area (Å²) in [6.07, 6.45) is 1.18. The lowest BCUT2D eigenvalue weighted by atomic mass is 10.2. The van der Waals surface area contributed by atoms with Crippen molar-refractivity contribution in [1.29, 1.82) is 0 Å². The van der Waals surface area contributed by atoms with E-state index in [0.717, 1.165) is 24.3 Å². The average Bonchev–Trinajstić information content (AvgIpc) is 2.62. The van der Waals surface area contributed by atoms with Gasteiger partial charge in [-0.2, -0.15) is 0 Å². The Morgan fingerprint density at radius 2 is 1.58 bits per heavy atom. The summed E-state index contributed by atoms with van der Waals surface area (Å²) < 4.78 is 53.2. The average molecular weight is 361 g/mol. The third-order valence-corrected chi connectivity index (χ3v) is 3.42. The highest BCUT2D eigenvalue weighted by atomic mass is 19.2. The summed E-state index contributed by atoms with van der Waals surface area (Å²) in [5.74, 6) is -4.27. The fourth-order valence-electron chi connectivity index (χ4n) is 2.13. The number of hydrogen-bond donors (Lipinski definition) is 2. The fourth-order valence-corrected chi connectivity index (χ4v) is 2.13. The Balaban J connectivity index is 1.72. The molecule has 3 aromatic rings.